The topological polar surface area (TPSA) is 66.8 Å². The Bertz CT molecular complexity index is 205. The highest BCUT2D eigenvalue weighted by molar-refractivity contribution is 5.75. The summed E-state index contributed by atoms with van der Waals surface area (Å²) in [6.45, 7) is 1.95. The van der Waals surface area contributed by atoms with Gasteiger partial charge < -0.3 is 14.9 Å². The zero-order valence-corrected chi connectivity index (χ0v) is 9.19. The molecule has 4 heteroatoms. The largest absolute Gasteiger partial charge is 0.460 e. The minimum absolute atomic E-state index is 0.149. The van der Waals surface area contributed by atoms with Gasteiger partial charge in [-0.25, -0.2) is 0 Å². The van der Waals surface area contributed by atoms with E-state index in [1.807, 2.05) is 0 Å². The highest BCUT2D eigenvalue weighted by Crippen LogP contribution is 2.26. The normalized spacial score (nSPS) is 27.8. The molecule has 2 N–H and O–H groups in total. The number of carbonyl (C=O) groups is 1. The first-order valence-electron chi connectivity index (χ1n) is 5.68. The van der Waals surface area contributed by atoms with Crippen molar-refractivity contribution in [2.75, 3.05) is 6.61 Å². The molecular weight excluding hydrogens is 196 g/mol. The van der Waals surface area contributed by atoms with Gasteiger partial charge in [0, 0.05) is 6.42 Å². The van der Waals surface area contributed by atoms with Crippen LogP contribution in [0.2, 0.25) is 0 Å². The predicted molar refractivity (Wildman–Crippen MR) is 55.2 cm³/mol. The number of cyclic esters (lactones) is 1. The highest BCUT2D eigenvalue weighted by Gasteiger charge is 2.38. The van der Waals surface area contributed by atoms with Gasteiger partial charge in [-0.1, -0.05) is 26.2 Å². The third kappa shape index (κ3) is 3.47. The number of ether oxygens (including phenoxy) is 1. The van der Waals surface area contributed by atoms with Gasteiger partial charge in [0.1, 0.15) is 6.10 Å². The van der Waals surface area contributed by atoms with Crippen LogP contribution in [0, 0.1) is 5.92 Å². The maximum Gasteiger partial charge on any atom is 0.312 e. The van der Waals surface area contributed by atoms with Crippen molar-refractivity contribution in [1.29, 1.82) is 0 Å². The van der Waals surface area contributed by atoms with Crippen molar-refractivity contribution in [2.45, 2.75) is 51.2 Å². The minimum Gasteiger partial charge on any atom is -0.460 e. The molecular formula is C11H20O4. The summed E-state index contributed by atoms with van der Waals surface area (Å²) in [6, 6.07) is 0. The average Bonchev–Trinajstić information content (AvgIpc) is 2.60. The summed E-state index contributed by atoms with van der Waals surface area (Å²) in [5, 5.41) is 18.6. The van der Waals surface area contributed by atoms with E-state index in [1.54, 1.807) is 0 Å². The number of rotatable bonds is 6. The molecule has 15 heavy (non-hydrogen) atoms. The summed E-state index contributed by atoms with van der Waals surface area (Å²) in [7, 11) is 0. The second kappa shape index (κ2) is 6.08. The van der Waals surface area contributed by atoms with Gasteiger partial charge in [-0.2, -0.15) is 0 Å². The smallest absolute Gasteiger partial charge is 0.312 e. The first kappa shape index (κ1) is 12.5. The summed E-state index contributed by atoms with van der Waals surface area (Å²) >= 11 is 0. The fraction of sp³-hybridized carbons (Fsp3) is 0.909. The van der Waals surface area contributed by atoms with Crippen LogP contribution in [0.25, 0.3) is 0 Å². The molecule has 3 atom stereocenters. The fourth-order valence-corrected chi connectivity index (χ4v) is 1.91. The molecule has 0 radical (unpaired) electrons. The Kier molecular flexibility index (Phi) is 5.05. The van der Waals surface area contributed by atoms with Crippen molar-refractivity contribution in [3.05, 3.63) is 0 Å². The number of esters is 1. The van der Waals surface area contributed by atoms with Gasteiger partial charge in [0.2, 0.25) is 0 Å². The Labute approximate surface area is 90.2 Å². The molecule has 0 spiro atoms. The lowest BCUT2D eigenvalue weighted by Gasteiger charge is -2.13. The van der Waals surface area contributed by atoms with Crippen LogP contribution in [-0.2, 0) is 9.53 Å². The molecule has 0 aromatic carbocycles. The maximum atomic E-state index is 11.3. The molecule has 1 rings (SSSR count). The standard InChI is InChI=1S/C11H20O4/c1-2-3-4-5-10(13)9-6-8(7-12)15-11(9)14/h8-10,12-13H,2-7H2,1H3/t8-,9-,10-/m0/s1. The first-order chi connectivity index (χ1) is 7.19. The van der Waals surface area contributed by atoms with E-state index in [2.05, 4.69) is 6.92 Å². The SMILES string of the molecule is CCCCC[C@H](O)[C@@H]1C[C@@H](CO)OC1=O. The third-order valence-corrected chi connectivity index (χ3v) is 2.87. The minimum atomic E-state index is -0.611. The summed E-state index contributed by atoms with van der Waals surface area (Å²) in [6.07, 6.45) is 3.17. The molecule has 0 aromatic heterocycles. The number of aliphatic hydroxyl groups is 2. The third-order valence-electron chi connectivity index (χ3n) is 2.87. The molecule has 0 bridgehead atoms. The van der Waals surface area contributed by atoms with Gasteiger partial charge in [-0.15, -0.1) is 0 Å². The van der Waals surface area contributed by atoms with Crippen LogP contribution in [0.5, 0.6) is 0 Å². The van der Waals surface area contributed by atoms with E-state index in [0.29, 0.717) is 12.8 Å². The zero-order chi connectivity index (χ0) is 11.3. The second-order valence-corrected chi connectivity index (χ2v) is 4.15. The summed E-state index contributed by atoms with van der Waals surface area (Å²) in [4.78, 5) is 11.3. The van der Waals surface area contributed by atoms with E-state index >= 15 is 0 Å². The lowest BCUT2D eigenvalue weighted by molar-refractivity contribution is -0.147. The van der Waals surface area contributed by atoms with E-state index < -0.39 is 18.1 Å². The van der Waals surface area contributed by atoms with Crippen molar-refractivity contribution >= 4 is 5.97 Å². The predicted octanol–water partition coefficient (Wildman–Crippen LogP) is 0.852. The van der Waals surface area contributed by atoms with Crippen LogP contribution < -0.4 is 0 Å². The van der Waals surface area contributed by atoms with Crippen LogP contribution in [-0.4, -0.2) is 35.0 Å². The average molecular weight is 216 g/mol. The molecule has 1 aliphatic rings. The van der Waals surface area contributed by atoms with E-state index in [9.17, 15) is 9.90 Å². The van der Waals surface area contributed by atoms with Crippen molar-refractivity contribution in [3.8, 4) is 0 Å². The Morgan fingerprint density at radius 1 is 1.53 bits per heavy atom. The van der Waals surface area contributed by atoms with Gasteiger partial charge in [0.25, 0.3) is 0 Å². The number of carbonyl (C=O) groups excluding carboxylic acids is 1. The van der Waals surface area contributed by atoms with Gasteiger partial charge in [-0.3, -0.25) is 4.79 Å². The number of aliphatic hydroxyl groups excluding tert-OH is 2. The fourth-order valence-electron chi connectivity index (χ4n) is 1.91. The Hall–Kier alpha value is -0.610. The molecule has 0 saturated carbocycles. The lowest BCUT2D eigenvalue weighted by Crippen LogP contribution is -2.24. The Balaban J connectivity index is 2.32. The molecule has 0 aliphatic carbocycles. The molecule has 1 fully saturated rings. The van der Waals surface area contributed by atoms with Crippen LogP contribution >= 0.6 is 0 Å². The molecule has 0 amide bonds. The lowest BCUT2D eigenvalue weighted by atomic mass is 9.94. The van der Waals surface area contributed by atoms with Gasteiger partial charge in [0.15, 0.2) is 0 Å². The molecule has 4 nitrogen and oxygen atoms in total. The zero-order valence-electron chi connectivity index (χ0n) is 9.19. The summed E-state index contributed by atoms with van der Waals surface area (Å²) in [5.74, 6) is -0.794. The van der Waals surface area contributed by atoms with Crippen molar-refractivity contribution < 1.29 is 19.7 Å². The second-order valence-electron chi connectivity index (χ2n) is 4.15. The van der Waals surface area contributed by atoms with Crippen molar-refractivity contribution in [2.24, 2.45) is 5.92 Å². The molecule has 1 aliphatic heterocycles. The number of unbranched alkanes of at least 4 members (excludes halogenated alkanes) is 2. The van der Waals surface area contributed by atoms with Crippen molar-refractivity contribution in [1.82, 2.24) is 0 Å². The molecule has 1 saturated heterocycles. The first-order valence-corrected chi connectivity index (χ1v) is 5.68. The molecule has 88 valence electrons. The maximum absolute atomic E-state index is 11.3. The number of hydrogen-bond acceptors (Lipinski definition) is 4. The summed E-state index contributed by atoms with van der Waals surface area (Å²) in [5.41, 5.74) is 0. The van der Waals surface area contributed by atoms with Gasteiger partial charge in [-0.05, 0) is 6.42 Å². The molecule has 0 aromatic rings. The monoisotopic (exact) mass is 216 g/mol. The van der Waals surface area contributed by atoms with Gasteiger partial charge in [0.05, 0.1) is 18.6 Å². The Morgan fingerprint density at radius 3 is 2.80 bits per heavy atom. The number of hydrogen-bond donors (Lipinski definition) is 2. The molecule has 1 heterocycles. The van der Waals surface area contributed by atoms with Crippen LogP contribution in [0.15, 0.2) is 0 Å². The quantitative estimate of drug-likeness (QED) is 0.510. The molecule has 0 unspecified atom stereocenters. The highest BCUT2D eigenvalue weighted by atomic mass is 16.6. The van der Waals surface area contributed by atoms with E-state index in [4.69, 9.17) is 9.84 Å². The van der Waals surface area contributed by atoms with Gasteiger partial charge >= 0.3 is 5.97 Å². The van der Waals surface area contributed by atoms with Crippen molar-refractivity contribution in [3.63, 3.8) is 0 Å². The van der Waals surface area contributed by atoms with E-state index in [0.717, 1.165) is 19.3 Å². The van der Waals surface area contributed by atoms with Crippen LogP contribution in [0.3, 0.4) is 0 Å². The van der Waals surface area contributed by atoms with Crippen LogP contribution in [0.4, 0.5) is 0 Å². The van der Waals surface area contributed by atoms with Crippen LogP contribution in [0.1, 0.15) is 39.0 Å². The summed E-state index contributed by atoms with van der Waals surface area (Å²) < 4.78 is 4.90. The Morgan fingerprint density at radius 2 is 2.27 bits per heavy atom. The van der Waals surface area contributed by atoms with E-state index in [-0.39, 0.29) is 12.6 Å². The van der Waals surface area contributed by atoms with E-state index in [1.165, 1.54) is 0 Å².